The highest BCUT2D eigenvalue weighted by atomic mass is 32.2. The van der Waals surface area contributed by atoms with E-state index in [0.717, 1.165) is 12.8 Å². The Morgan fingerprint density at radius 3 is 2.42 bits per heavy atom. The van der Waals surface area contributed by atoms with E-state index < -0.39 is 15.8 Å². The van der Waals surface area contributed by atoms with Gasteiger partial charge in [-0.25, -0.2) is 12.8 Å². The Labute approximate surface area is 153 Å². The number of nitrogens with one attached hydrogen (secondary N) is 2. The number of hydrogen-bond donors (Lipinski definition) is 2. The Kier molecular flexibility index (Phi) is 6.74. The lowest BCUT2D eigenvalue weighted by molar-refractivity contribution is 0.0946. The van der Waals surface area contributed by atoms with Crippen LogP contribution >= 0.6 is 0 Å². The third-order valence-corrected chi connectivity index (χ3v) is 5.59. The smallest absolute Gasteiger partial charge is 0.262 e. The number of carbonyl (C=O) groups is 1. The number of para-hydroxylation sites is 1. The zero-order valence-electron chi connectivity index (χ0n) is 14.8. The zero-order valence-corrected chi connectivity index (χ0v) is 15.6. The standard InChI is InChI=1S/C19H23FN2O3S/c1-3-14(4-2)13-21-19(23)15-8-7-9-16(12-15)26(24,25)22-18-11-6-5-10-17(18)20/h5-12,14,22H,3-4,13H2,1-2H3,(H,21,23). The number of hydrogen-bond acceptors (Lipinski definition) is 3. The van der Waals surface area contributed by atoms with Crippen LogP contribution in [-0.2, 0) is 10.0 Å². The van der Waals surface area contributed by atoms with Crippen LogP contribution in [0.1, 0.15) is 37.0 Å². The van der Waals surface area contributed by atoms with Gasteiger partial charge in [0, 0.05) is 12.1 Å². The Hall–Kier alpha value is -2.41. The van der Waals surface area contributed by atoms with E-state index in [2.05, 4.69) is 23.9 Å². The second-order valence-electron chi connectivity index (χ2n) is 6.01. The summed E-state index contributed by atoms with van der Waals surface area (Å²) in [6.45, 7) is 4.65. The van der Waals surface area contributed by atoms with Gasteiger partial charge >= 0.3 is 0 Å². The summed E-state index contributed by atoms with van der Waals surface area (Å²) in [6, 6.07) is 11.2. The van der Waals surface area contributed by atoms with E-state index in [9.17, 15) is 17.6 Å². The summed E-state index contributed by atoms with van der Waals surface area (Å²) < 4.78 is 40.9. The normalized spacial score (nSPS) is 11.4. The van der Waals surface area contributed by atoms with Gasteiger partial charge < -0.3 is 5.32 Å². The Morgan fingerprint density at radius 2 is 1.77 bits per heavy atom. The van der Waals surface area contributed by atoms with Crippen LogP contribution in [-0.4, -0.2) is 20.9 Å². The summed E-state index contributed by atoms with van der Waals surface area (Å²) in [4.78, 5) is 12.2. The monoisotopic (exact) mass is 378 g/mol. The first-order valence-corrected chi connectivity index (χ1v) is 10.0. The van der Waals surface area contributed by atoms with Crippen LogP contribution in [0.25, 0.3) is 0 Å². The summed E-state index contributed by atoms with van der Waals surface area (Å²) in [5.74, 6) is -0.622. The fourth-order valence-electron chi connectivity index (χ4n) is 2.47. The fraction of sp³-hybridized carbons (Fsp3) is 0.316. The maximum atomic E-state index is 13.7. The molecule has 0 aromatic heterocycles. The van der Waals surface area contributed by atoms with Crippen molar-refractivity contribution in [3.05, 3.63) is 59.9 Å². The van der Waals surface area contributed by atoms with E-state index in [4.69, 9.17) is 0 Å². The van der Waals surface area contributed by atoms with Crippen molar-refractivity contribution < 1.29 is 17.6 Å². The molecule has 0 aliphatic rings. The minimum atomic E-state index is -4.00. The van der Waals surface area contributed by atoms with Gasteiger partial charge in [-0.2, -0.15) is 0 Å². The van der Waals surface area contributed by atoms with Crippen molar-refractivity contribution in [3.8, 4) is 0 Å². The van der Waals surface area contributed by atoms with Crippen molar-refractivity contribution in [1.29, 1.82) is 0 Å². The maximum Gasteiger partial charge on any atom is 0.262 e. The van der Waals surface area contributed by atoms with E-state index in [1.807, 2.05) is 0 Å². The molecule has 0 fully saturated rings. The lowest BCUT2D eigenvalue weighted by Gasteiger charge is -2.14. The van der Waals surface area contributed by atoms with Crippen LogP contribution in [0.3, 0.4) is 0 Å². The molecule has 0 atom stereocenters. The summed E-state index contributed by atoms with van der Waals surface area (Å²) in [7, 11) is -4.00. The number of anilines is 1. The van der Waals surface area contributed by atoms with E-state index in [-0.39, 0.29) is 22.1 Å². The second-order valence-corrected chi connectivity index (χ2v) is 7.69. The molecule has 7 heteroatoms. The molecule has 0 saturated heterocycles. The molecule has 0 aliphatic carbocycles. The molecular weight excluding hydrogens is 355 g/mol. The molecule has 2 N–H and O–H groups in total. The van der Waals surface area contributed by atoms with Gasteiger partial charge in [-0.15, -0.1) is 0 Å². The van der Waals surface area contributed by atoms with Crippen LogP contribution in [0.2, 0.25) is 0 Å². The SMILES string of the molecule is CCC(CC)CNC(=O)c1cccc(S(=O)(=O)Nc2ccccc2F)c1. The average molecular weight is 378 g/mol. The molecule has 0 bridgehead atoms. The van der Waals surface area contributed by atoms with Gasteiger partial charge in [0.05, 0.1) is 10.6 Å². The highest BCUT2D eigenvalue weighted by Crippen LogP contribution is 2.19. The molecule has 140 valence electrons. The van der Waals surface area contributed by atoms with Crippen molar-refractivity contribution in [2.45, 2.75) is 31.6 Å². The molecule has 2 rings (SSSR count). The Bertz CT molecular complexity index is 865. The molecule has 0 aliphatic heterocycles. The van der Waals surface area contributed by atoms with Crippen LogP contribution in [0, 0.1) is 11.7 Å². The molecule has 5 nitrogen and oxygen atoms in total. The Morgan fingerprint density at radius 1 is 1.08 bits per heavy atom. The Balaban J connectivity index is 2.17. The molecule has 26 heavy (non-hydrogen) atoms. The van der Waals surface area contributed by atoms with Gasteiger partial charge in [0.15, 0.2) is 0 Å². The predicted octanol–water partition coefficient (Wildman–Crippen LogP) is 3.79. The lowest BCUT2D eigenvalue weighted by Crippen LogP contribution is -2.29. The summed E-state index contributed by atoms with van der Waals surface area (Å²) in [5, 5.41) is 2.82. The molecule has 2 aromatic carbocycles. The largest absolute Gasteiger partial charge is 0.352 e. The van der Waals surface area contributed by atoms with Gasteiger partial charge in [-0.1, -0.05) is 44.9 Å². The van der Waals surface area contributed by atoms with Gasteiger partial charge in [0.1, 0.15) is 5.82 Å². The highest BCUT2D eigenvalue weighted by molar-refractivity contribution is 7.92. The molecular formula is C19H23FN2O3S. The zero-order chi connectivity index (χ0) is 19.2. The van der Waals surface area contributed by atoms with Crippen molar-refractivity contribution in [2.24, 2.45) is 5.92 Å². The van der Waals surface area contributed by atoms with Gasteiger partial charge in [-0.3, -0.25) is 9.52 Å². The number of halogens is 1. The molecule has 2 aromatic rings. The highest BCUT2D eigenvalue weighted by Gasteiger charge is 2.18. The number of amides is 1. The minimum absolute atomic E-state index is 0.101. The fourth-order valence-corrected chi connectivity index (χ4v) is 3.58. The van der Waals surface area contributed by atoms with E-state index >= 15 is 0 Å². The third-order valence-electron chi connectivity index (χ3n) is 4.23. The predicted molar refractivity (Wildman–Crippen MR) is 100 cm³/mol. The molecule has 0 heterocycles. The summed E-state index contributed by atoms with van der Waals surface area (Å²) in [6.07, 6.45) is 1.91. The molecule has 0 saturated carbocycles. The molecule has 0 spiro atoms. The third kappa shape index (κ3) is 5.05. The number of sulfonamides is 1. The number of rotatable bonds is 8. The molecule has 0 radical (unpaired) electrons. The maximum absolute atomic E-state index is 13.7. The number of carbonyl (C=O) groups excluding carboxylic acids is 1. The second kappa shape index (κ2) is 8.80. The van der Waals surface area contributed by atoms with E-state index in [1.165, 1.54) is 42.5 Å². The molecule has 1 amide bonds. The first kappa shape index (κ1) is 19.9. The first-order valence-electron chi connectivity index (χ1n) is 8.53. The number of benzene rings is 2. The average Bonchev–Trinajstić information content (AvgIpc) is 2.64. The first-order chi connectivity index (χ1) is 12.4. The summed E-state index contributed by atoms with van der Waals surface area (Å²) in [5.41, 5.74) is 0.100. The van der Waals surface area contributed by atoms with Crippen molar-refractivity contribution in [2.75, 3.05) is 11.3 Å². The van der Waals surface area contributed by atoms with Crippen molar-refractivity contribution >= 4 is 21.6 Å². The topological polar surface area (TPSA) is 75.3 Å². The van der Waals surface area contributed by atoms with Crippen LogP contribution < -0.4 is 10.0 Å². The van der Waals surface area contributed by atoms with Crippen LogP contribution in [0.4, 0.5) is 10.1 Å². The van der Waals surface area contributed by atoms with Gasteiger partial charge in [0.25, 0.3) is 15.9 Å². The summed E-state index contributed by atoms with van der Waals surface area (Å²) >= 11 is 0. The minimum Gasteiger partial charge on any atom is -0.352 e. The van der Waals surface area contributed by atoms with Gasteiger partial charge in [-0.05, 0) is 36.2 Å². The molecule has 0 unspecified atom stereocenters. The van der Waals surface area contributed by atoms with E-state index in [1.54, 1.807) is 6.07 Å². The van der Waals surface area contributed by atoms with Crippen LogP contribution in [0.15, 0.2) is 53.4 Å². The van der Waals surface area contributed by atoms with Crippen LogP contribution in [0.5, 0.6) is 0 Å². The lowest BCUT2D eigenvalue weighted by atomic mass is 10.0. The van der Waals surface area contributed by atoms with Crippen molar-refractivity contribution in [1.82, 2.24) is 5.32 Å². The van der Waals surface area contributed by atoms with E-state index in [0.29, 0.717) is 12.5 Å². The van der Waals surface area contributed by atoms with Crippen molar-refractivity contribution in [3.63, 3.8) is 0 Å². The quantitative estimate of drug-likeness (QED) is 0.734. The van der Waals surface area contributed by atoms with Gasteiger partial charge in [0.2, 0.25) is 0 Å².